The Hall–Kier alpha value is -1.63. The Labute approximate surface area is 145 Å². The molecule has 6 nitrogen and oxygen atoms in total. The fourth-order valence-corrected chi connectivity index (χ4v) is 2.67. The van der Waals surface area contributed by atoms with Gasteiger partial charge in [0.05, 0.1) is 0 Å². The van der Waals surface area contributed by atoms with Gasteiger partial charge in [-0.05, 0) is 45.4 Å². The molecule has 134 valence electrons. The topological polar surface area (TPSA) is 50.9 Å². The van der Waals surface area contributed by atoms with Gasteiger partial charge in [-0.1, -0.05) is 0 Å². The lowest BCUT2D eigenvalue weighted by atomic mass is 10.2. The van der Waals surface area contributed by atoms with Crippen LogP contribution in [0.2, 0.25) is 0 Å². The first-order chi connectivity index (χ1) is 11.5. The van der Waals surface area contributed by atoms with Crippen LogP contribution in [-0.2, 0) is 4.79 Å². The van der Waals surface area contributed by atoms with Crippen LogP contribution in [-0.4, -0.2) is 82.7 Å². The molecule has 0 saturated carbocycles. The van der Waals surface area contributed by atoms with Gasteiger partial charge in [0.15, 0.2) is 0 Å². The van der Waals surface area contributed by atoms with Crippen molar-refractivity contribution < 1.29 is 4.79 Å². The predicted molar refractivity (Wildman–Crippen MR) is 101 cm³/mol. The van der Waals surface area contributed by atoms with E-state index in [1.54, 1.807) is 0 Å². The fourth-order valence-electron chi connectivity index (χ4n) is 2.67. The normalized spacial score (nSPS) is 15.8. The Morgan fingerprint density at radius 3 is 2.38 bits per heavy atom. The fraction of sp³-hybridized carbons (Fsp3) is 0.611. The summed E-state index contributed by atoms with van der Waals surface area (Å²) in [6.45, 7) is 6.90. The van der Waals surface area contributed by atoms with E-state index in [1.807, 2.05) is 26.2 Å². The number of rotatable bonds is 8. The number of nitrogens with zero attached hydrogens (tertiary/aromatic N) is 3. The van der Waals surface area contributed by atoms with Gasteiger partial charge in [-0.15, -0.1) is 0 Å². The number of amides is 1. The molecule has 0 unspecified atom stereocenters. The van der Waals surface area contributed by atoms with Crippen molar-refractivity contribution in [1.29, 1.82) is 0 Å². The third-order valence-corrected chi connectivity index (χ3v) is 4.28. The monoisotopic (exact) mass is 333 g/mol. The van der Waals surface area contributed by atoms with Gasteiger partial charge in [0.1, 0.15) is 0 Å². The van der Waals surface area contributed by atoms with Gasteiger partial charge in [-0.2, -0.15) is 0 Å². The van der Waals surface area contributed by atoms with E-state index in [1.165, 1.54) is 5.69 Å². The largest absolute Gasteiger partial charge is 0.369 e. The van der Waals surface area contributed by atoms with Crippen molar-refractivity contribution in [2.24, 2.45) is 0 Å². The van der Waals surface area contributed by atoms with Crippen LogP contribution in [0.15, 0.2) is 24.3 Å². The van der Waals surface area contributed by atoms with E-state index >= 15 is 0 Å². The van der Waals surface area contributed by atoms with Gasteiger partial charge >= 0.3 is 0 Å². The van der Waals surface area contributed by atoms with Gasteiger partial charge in [-0.25, -0.2) is 0 Å². The molecule has 1 aliphatic heterocycles. The molecule has 24 heavy (non-hydrogen) atoms. The third kappa shape index (κ3) is 6.47. The molecule has 2 rings (SSSR count). The Bertz CT molecular complexity index is 495. The minimum atomic E-state index is 0.0553. The lowest BCUT2D eigenvalue weighted by Gasteiger charge is -2.34. The van der Waals surface area contributed by atoms with E-state index in [9.17, 15) is 4.79 Å². The predicted octanol–water partition coefficient (Wildman–Crippen LogP) is 0.918. The van der Waals surface area contributed by atoms with Crippen LogP contribution in [0.5, 0.6) is 0 Å². The van der Waals surface area contributed by atoms with Crippen molar-refractivity contribution in [3.05, 3.63) is 24.3 Å². The first-order valence-corrected chi connectivity index (χ1v) is 8.73. The number of anilines is 2. The molecular weight excluding hydrogens is 302 g/mol. The smallest absolute Gasteiger partial charge is 0.225 e. The Morgan fingerprint density at radius 1 is 1.08 bits per heavy atom. The van der Waals surface area contributed by atoms with Crippen LogP contribution in [0, 0.1) is 0 Å². The summed E-state index contributed by atoms with van der Waals surface area (Å²) in [7, 11) is 6.24. The molecule has 6 heteroatoms. The Kier molecular flexibility index (Phi) is 7.49. The molecule has 2 N–H and O–H groups in total. The maximum atomic E-state index is 12.0. The highest BCUT2D eigenvalue weighted by Crippen LogP contribution is 2.19. The Morgan fingerprint density at radius 2 is 1.75 bits per heavy atom. The molecule has 1 aromatic rings. The van der Waals surface area contributed by atoms with E-state index in [4.69, 9.17) is 0 Å². The van der Waals surface area contributed by atoms with E-state index in [2.05, 4.69) is 44.5 Å². The summed E-state index contributed by atoms with van der Waals surface area (Å²) in [5, 5.41) is 6.24. The molecule has 0 bridgehead atoms. The maximum Gasteiger partial charge on any atom is 0.225 e. The van der Waals surface area contributed by atoms with Crippen molar-refractivity contribution in [3.63, 3.8) is 0 Å². The lowest BCUT2D eigenvalue weighted by molar-refractivity contribution is -0.116. The zero-order chi connectivity index (χ0) is 17.4. The molecule has 0 aromatic heterocycles. The number of hydrogen-bond donors (Lipinski definition) is 2. The van der Waals surface area contributed by atoms with Crippen molar-refractivity contribution in [1.82, 2.24) is 15.1 Å². The minimum absolute atomic E-state index is 0.0553. The van der Waals surface area contributed by atoms with E-state index in [0.717, 1.165) is 45.0 Å². The SMILES string of the molecule is CN(C)CCNCCC(=O)Nc1ccc(N2CCN(C)CC2)cc1. The van der Waals surface area contributed by atoms with Crippen LogP contribution in [0.25, 0.3) is 0 Å². The molecule has 0 aliphatic carbocycles. The highest BCUT2D eigenvalue weighted by molar-refractivity contribution is 5.91. The van der Waals surface area contributed by atoms with Crippen LogP contribution in [0.3, 0.4) is 0 Å². The zero-order valence-electron chi connectivity index (χ0n) is 15.2. The molecule has 0 atom stereocenters. The van der Waals surface area contributed by atoms with Gasteiger partial charge in [-0.3, -0.25) is 4.79 Å². The van der Waals surface area contributed by atoms with Crippen molar-refractivity contribution in [2.75, 3.05) is 77.2 Å². The van der Waals surface area contributed by atoms with Crippen molar-refractivity contribution >= 4 is 17.3 Å². The van der Waals surface area contributed by atoms with Crippen LogP contribution < -0.4 is 15.5 Å². The van der Waals surface area contributed by atoms with Gasteiger partial charge in [0.2, 0.25) is 5.91 Å². The second-order valence-electron chi connectivity index (χ2n) is 6.69. The average Bonchev–Trinajstić information content (AvgIpc) is 2.56. The van der Waals surface area contributed by atoms with Crippen molar-refractivity contribution in [2.45, 2.75) is 6.42 Å². The highest BCUT2D eigenvalue weighted by Gasteiger charge is 2.14. The average molecular weight is 333 g/mol. The second-order valence-corrected chi connectivity index (χ2v) is 6.69. The third-order valence-electron chi connectivity index (χ3n) is 4.28. The van der Waals surface area contributed by atoms with Crippen molar-refractivity contribution in [3.8, 4) is 0 Å². The van der Waals surface area contributed by atoms with Gasteiger partial charge in [0, 0.05) is 63.6 Å². The Balaban J connectivity index is 1.70. The van der Waals surface area contributed by atoms with Crippen LogP contribution in [0.1, 0.15) is 6.42 Å². The van der Waals surface area contributed by atoms with Gasteiger partial charge < -0.3 is 25.3 Å². The molecule has 0 spiro atoms. The number of hydrogen-bond acceptors (Lipinski definition) is 5. The van der Waals surface area contributed by atoms with E-state index < -0.39 is 0 Å². The quantitative estimate of drug-likeness (QED) is 0.693. The molecule has 1 saturated heterocycles. The minimum Gasteiger partial charge on any atom is -0.369 e. The summed E-state index contributed by atoms with van der Waals surface area (Å²) >= 11 is 0. The number of carbonyl (C=O) groups is 1. The van der Waals surface area contributed by atoms with E-state index in [0.29, 0.717) is 13.0 Å². The number of carbonyl (C=O) groups excluding carboxylic acids is 1. The summed E-state index contributed by atoms with van der Waals surface area (Å²) < 4.78 is 0. The van der Waals surface area contributed by atoms with Crippen LogP contribution in [0.4, 0.5) is 11.4 Å². The number of likely N-dealkylation sites (N-methyl/N-ethyl adjacent to an activating group) is 2. The highest BCUT2D eigenvalue weighted by atomic mass is 16.1. The number of benzene rings is 1. The van der Waals surface area contributed by atoms with E-state index in [-0.39, 0.29) is 5.91 Å². The molecule has 0 radical (unpaired) electrons. The van der Waals surface area contributed by atoms with Crippen LogP contribution >= 0.6 is 0 Å². The number of piperazine rings is 1. The standard InChI is InChI=1S/C18H31N5O/c1-21(2)11-10-19-9-8-18(24)20-16-4-6-17(7-5-16)23-14-12-22(3)13-15-23/h4-7,19H,8-15H2,1-3H3,(H,20,24). The maximum absolute atomic E-state index is 12.0. The summed E-state index contributed by atoms with van der Waals surface area (Å²) in [6, 6.07) is 8.17. The zero-order valence-corrected chi connectivity index (χ0v) is 15.2. The molecule has 1 fully saturated rings. The van der Waals surface area contributed by atoms with Gasteiger partial charge in [0.25, 0.3) is 0 Å². The molecule has 1 amide bonds. The second kappa shape index (κ2) is 9.61. The summed E-state index contributed by atoms with van der Waals surface area (Å²) in [6.07, 6.45) is 0.494. The molecular formula is C18H31N5O. The first kappa shape index (κ1) is 18.7. The molecule has 1 aromatic carbocycles. The molecule has 1 aliphatic rings. The number of nitrogens with one attached hydrogen (secondary N) is 2. The lowest BCUT2D eigenvalue weighted by Crippen LogP contribution is -2.44. The first-order valence-electron chi connectivity index (χ1n) is 8.73. The molecule has 1 heterocycles. The summed E-state index contributed by atoms with van der Waals surface area (Å²) in [5.74, 6) is 0.0553. The summed E-state index contributed by atoms with van der Waals surface area (Å²) in [4.78, 5) is 18.8. The summed E-state index contributed by atoms with van der Waals surface area (Å²) in [5.41, 5.74) is 2.10.